The van der Waals surface area contributed by atoms with E-state index in [9.17, 15) is 9.59 Å². The highest BCUT2D eigenvalue weighted by Gasteiger charge is 2.24. The molecule has 0 bridgehead atoms. The number of anilines is 1. The standard InChI is InChI=1S/C18H17N3O2S/c1-11-12(2)24-17-16(11)18(23)20(10-19-17)9-15(22)21-8-7-13-5-3-4-6-14(13)21/h3-6,10H,7-9H2,1-2H3. The summed E-state index contributed by atoms with van der Waals surface area (Å²) in [7, 11) is 0. The zero-order valence-corrected chi connectivity index (χ0v) is 14.4. The highest BCUT2D eigenvalue weighted by Crippen LogP contribution is 2.28. The molecular formula is C18H17N3O2S. The average molecular weight is 339 g/mol. The van der Waals surface area contributed by atoms with Crippen molar-refractivity contribution in [3.63, 3.8) is 0 Å². The molecule has 0 aliphatic carbocycles. The second-order valence-electron chi connectivity index (χ2n) is 6.07. The van der Waals surface area contributed by atoms with Crippen molar-refractivity contribution in [2.24, 2.45) is 0 Å². The largest absolute Gasteiger partial charge is 0.310 e. The van der Waals surface area contributed by atoms with Crippen molar-refractivity contribution in [3.05, 3.63) is 57.0 Å². The first-order valence-electron chi connectivity index (χ1n) is 7.89. The van der Waals surface area contributed by atoms with Crippen LogP contribution in [0.25, 0.3) is 10.2 Å². The van der Waals surface area contributed by atoms with Gasteiger partial charge in [0.25, 0.3) is 5.56 Å². The van der Waals surface area contributed by atoms with Crippen LogP contribution in [0.3, 0.4) is 0 Å². The van der Waals surface area contributed by atoms with Crippen LogP contribution in [0.5, 0.6) is 0 Å². The van der Waals surface area contributed by atoms with Crippen molar-refractivity contribution < 1.29 is 4.79 Å². The van der Waals surface area contributed by atoms with Gasteiger partial charge in [-0.1, -0.05) is 18.2 Å². The molecule has 0 N–H and O–H groups in total. The smallest absolute Gasteiger partial charge is 0.262 e. The lowest BCUT2D eigenvalue weighted by atomic mass is 10.2. The summed E-state index contributed by atoms with van der Waals surface area (Å²) < 4.78 is 1.42. The molecule has 0 radical (unpaired) electrons. The van der Waals surface area contributed by atoms with Gasteiger partial charge in [-0.2, -0.15) is 0 Å². The number of fused-ring (bicyclic) bond motifs is 2. The lowest BCUT2D eigenvalue weighted by Crippen LogP contribution is -2.35. The van der Waals surface area contributed by atoms with Gasteiger partial charge in [0.2, 0.25) is 5.91 Å². The van der Waals surface area contributed by atoms with Gasteiger partial charge in [-0.15, -0.1) is 11.3 Å². The zero-order valence-electron chi connectivity index (χ0n) is 13.6. The number of hydrogen-bond donors (Lipinski definition) is 0. The minimum absolute atomic E-state index is 0.0183. The Morgan fingerprint density at radius 3 is 2.92 bits per heavy atom. The molecule has 2 aromatic heterocycles. The number of aromatic nitrogens is 2. The van der Waals surface area contributed by atoms with Crippen LogP contribution in [0, 0.1) is 13.8 Å². The van der Waals surface area contributed by atoms with Gasteiger partial charge in [-0.25, -0.2) is 4.98 Å². The van der Waals surface area contributed by atoms with Gasteiger partial charge in [0.15, 0.2) is 0 Å². The summed E-state index contributed by atoms with van der Waals surface area (Å²) in [5.41, 5.74) is 2.95. The molecule has 1 amide bonds. The van der Waals surface area contributed by atoms with Crippen LogP contribution in [0.1, 0.15) is 16.0 Å². The predicted molar refractivity (Wildman–Crippen MR) is 95.9 cm³/mol. The summed E-state index contributed by atoms with van der Waals surface area (Å²) in [6, 6.07) is 7.91. The summed E-state index contributed by atoms with van der Waals surface area (Å²) in [6.45, 7) is 4.60. The summed E-state index contributed by atoms with van der Waals surface area (Å²) in [5.74, 6) is -0.0761. The van der Waals surface area contributed by atoms with Crippen molar-refractivity contribution in [2.45, 2.75) is 26.8 Å². The SMILES string of the molecule is Cc1sc2ncn(CC(=O)N3CCc4ccccc43)c(=O)c2c1C. The van der Waals surface area contributed by atoms with Crippen LogP contribution in [0.2, 0.25) is 0 Å². The number of benzene rings is 1. The van der Waals surface area contributed by atoms with Crippen molar-refractivity contribution in [3.8, 4) is 0 Å². The molecule has 5 nitrogen and oxygen atoms in total. The van der Waals surface area contributed by atoms with E-state index in [-0.39, 0.29) is 18.0 Å². The van der Waals surface area contributed by atoms with E-state index in [0.29, 0.717) is 11.9 Å². The van der Waals surface area contributed by atoms with E-state index in [1.54, 1.807) is 4.90 Å². The molecule has 0 saturated heterocycles. The second-order valence-corrected chi connectivity index (χ2v) is 7.27. The van der Waals surface area contributed by atoms with Gasteiger partial charge in [-0.3, -0.25) is 14.2 Å². The highest BCUT2D eigenvalue weighted by atomic mass is 32.1. The summed E-state index contributed by atoms with van der Waals surface area (Å²) in [5, 5.41) is 0.634. The van der Waals surface area contributed by atoms with Crippen LogP contribution in [-0.2, 0) is 17.8 Å². The Balaban J connectivity index is 1.68. The Morgan fingerprint density at radius 1 is 1.29 bits per heavy atom. The maximum atomic E-state index is 12.7. The number of carbonyl (C=O) groups excluding carboxylic acids is 1. The van der Waals surface area contributed by atoms with E-state index in [1.807, 2.05) is 38.1 Å². The number of thiophene rings is 1. The molecule has 0 saturated carbocycles. The van der Waals surface area contributed by atoms with Gasteiger partial charge in [0, 0.05) is 17.1 Å². The number of hydrogen-bond acceptors (Lipinski definition) is 4. The molecule has 6 heteroatoms. The van der Waals surface area contributed by atoms with E-state index in [4.69, 9.17) is 0 Å². The summed E-state index contributed by atoms with van der Waals surface area (Å²) >= 11 is 1.52. The minimum Gasteiger partial charge on any atom is -0.310 e. The van der Waals surface area contributed by atoms with Crippen LogP contribution < -0.4 is 10.5 Å². The number of carbonyl (C=O) groups is 1. The van der Waals surface area contributed by atoms with Gasteiger partial charge >= 0.3 is 0 Å². The van der Waals surface area contributed by atoms with Crippen molar-refractivity contribution in [2.75, 3.05) is 11.4 Å². The Morgan fingerprint density at radius 2 is 2.08 bits per heavy atom. The van der Waals surface area contributed by atoms with Crippen molar-refractivity contribution in [1.82, 2.24) is 9.55 Å². The Labute approximate surface area is 143 Å². The molecule has 1 aliphatic rings. The van der Waals surface area contributed by atoms with Gasteiger partial charge in [-0.05, 0) is 37.5 Å². The number of para-hydroxylation sites is 1. The summed E-state index contributed by atoms with van der Waals surface area (Å²) in [4.78, 5) is 33.4. The van der Waals surface area contributed by atoms with Crippen LogP contribution >= 0.6 is 11.3 Å². The normalized spacial score (nSPS) is 13.5. The molecule has 4 rings (SSSR count). The molecule has 1 aromatic carbocycles. The molecule has 122 valence electrons. The third-order valence-corrected chi connectivity index (χ3v) is 5.76. The molecule has 3 heterocycles. The highest BCUT2D eigenvalue weighted by molar-refractivity contribution is 7.18. The molecule has 0 atom stereocenters. The maximum absolute atomic E-state index is 12.7. The lowest BCUT2D eigenvalue weighted by Gasteiger charge is -2.17. The molecule has 0 fully saturated rings. The second kappa shape index (κ2) is 5.56. The third kappa shape index (κ3) is 2.26. The molecule has 1 aliphatic heterocycles. The molecule has 24 heavy (non-hydrogen) atoms. The van der Waals surface area contributed by atoms with Crippen molar-refractivity contribution >= 4 is 33.1 Å². The Kier molecular flexibility index (Phi) is 3.49. The Bertz CT molecular complexity index is 1020. The minimum atomic E-state index is -0.136. The first kappa shape index (κ1) is 15.1. The fourth-order valence-corrected chi connectivity index (χ4v) is 4.20. The van der Waals surface area contributed by atoms with E-state index in [1.165, 1.54) is 27.8 Å². The quantitative estimate of drug-likeness (QED) is 0.721. The fourth-order valence-electron chi connectivity index (χ4n) is 3.21. The fraction of sp³-hybridized carbons (Fsp3) is 0.278. The van der Waals surface area contributed by atoms with E-state index in [2.05, 4.69) is 4.98 Å². The number of nitrogens with zero attached hydrogens (tertiary/aromatic N) is 3. The van der Waals surface area contributed by atoms with E-state index in [0.717, 1.165) is 27.4 Å². The first-order chi connectivity index (χ1) is 11.6. The monoisotopic (exact) mass is 339 g/mol. The van der Waals surface area contributed by atoms with Crippen LogP contribution in [-0.4, -0.2) is 22.0 Å². The van der Waals surface area contributed by atoms with E-state index >= 15 is 0 Å². The molecule has 0 spiro atoms. The lowest BCUT2D eigenvalue weighted by molar-refractivity contribution is -0.119. The zero-order chi connectivity index (χ0) is 16.8. The number of rotatable bonds is 2. The van der Waals surface area contributed by atoms with Gasteiger partial charge in [0.05, 0.1) is 11.7 Å². The topological polar surface area (TPSA) is 55.2 Å². The van der Waals surface area contributed by atoms with Gasteiger partial charge < -0.3 is 4.90 Å². The third-order valence-electron chi connectivity index (χ3n) is 4.65. The molecule has 0 unspecified atom stereocenters. The van der Waals surface area contributed by atoms with E-state index < -0.39 is 0 Å². The van der Waals surface area contributed by atoms with Crippen molar-refractivity contribution in [1.29, 1.82) is 0 Å². The van der Waals surface area contributed by atoms with Crippen LogP contribution in [0.15, 0.2) is 35.4 Å². The number of aryl methyl sites for hydroxylation is 2. The maximum Gasteiger partial charge on any atom is 0.262 e. The molecule has 3 aromatic rings. The first-order valence-corrected chi connectivity index (χ1v) is 8.71. The summed E-state index contributed by atoms with van der Waals surface area (Å²) in [6.07, 6.45) is 2.34. The number of amides is 1. The average Bonchev–Trinajstić information content (AvgIpc) is 3.12. The Hall–Kier alpha value is -2.47. The van der Waals surface area contributed by atoms with Gasteiger partial charge in [0.1, 0.15) is 11.4 Å². The molecular weight excluding hydrogens is 322 g/mol. The predicted octanol–water partition coefficient (Wildman–Crippen LogP) is 2.66. The van der Waals surface area contributed by atoms with Crippen LogP contribution in [0.4, 0.5) is 5.69 Å².